The summed E-state index contributed by atoms with van der Waals surface area (Å²) in [6, 6.07) is 24.7. The Bertz CT molecular complexity index is 1150. The molecule has 0 bridgehead atoms. The monoisotopic (exact) mass is 446 g/mol. The quantitative estimate of drug-likeness (QED) is 0.291. The third-order valence-corrected chi connectivity index (χ3v) is 5.50. The number of ether oxygens (including phenoxy) is 1. The normalized spacial score (nSPS) is 10.9. The first-order chi connectivity index (χ1) is 15.5. The molecule has 0 unspecified atom stereocenters. The van der Waals surface area contributed by atoms with Crippen molar-refractivity contribution in [2.45, 2.75) is 26.4 Å². The topological polar surface area (TPSA) is 46.4 Å². The van der Waals surface area contributed by atoms with Crippen molar-refractivity contribution in [1.29, 1.82) is 0 Å². The fraction of sp³-hybridized carbons (Fsp3) is 0.185. The van der Waals surface area contributed by atoms with Crippen LogP contribution in [0.3, 0.4) is 0 Å². The Morgan fingerprint density at radius 3 is 2.12 bits per heavy atom. The highest BCUT2D eigenvalue weighted by Gasteiger charge is 2.13. The zero-order valence-corrected chi connectivity index (χ0v) is 19.2. The maximum Gasteiger partial charge on any atom is 0.127 e. The van der Waals surface area contributed by atoms with Gasteiger partial charge in [-0.05, 0) is 73.5 Å². The van der Waals surface area contributed by atoms with Gasteiger partial charge >= 0.3 is 0 Å². The van der Waals surface area contributed by atoms with Gasteiger partial charge in [0.25, 0.3) is 0 Å². The standard InChI is InChI=1S/C27H27ClN2O2/c1-18(2)30-22-12-8-19(9-13-22)24-16-27(31-3)25(15-26(24)28)20-6-10-21(11-7-20)29-17-23-5-4-14-32-23/h4-16,18,29-30H,17H2,1-3H3. The predicted molar refractivity (Wildman–Crippen MR) is 134 cm³/mol. The minimum atomic E-state index is 0.385. The second-order valence-corrected chi connectivity index (χ2v) is 8.33. The molecule has 0 aliphatic rings. The van der Waals surface area contributed by atoms with Crippen LogP contribution < -0.4 is 15.4 Å². The van der Waals surface area contributed by atoms with Gasteiger partial charge in [-0.3, -0.25) is 0 Å². The lowest BCUT2D eigenvalue weighted by Crippen LogP contribution is -2.09. The number of hydrogen-bond acceptors (Lipinski definition) is 4. The van der Waals surface area contributed by atoms with Gasteiger partial charge in [-0.25, -0.2) is 0 Å². The van der Waals surface area contributed by atoms with Crippen LogP contribution in [0.1, 0.15) is 19.6 Å². The fourth-order valence-electron chi connectivity index (χ4n) is 3.62. The lowest BCUT2D eigenvalue weighted by Gasteiger charge is -2.15. The van der Waals surface area contributed by atoms with Crippen LogP contribution >= 0.6 is 11.6 Å². The van der Waals surface area contributed by atoms with Crippen LogP contribution in [0.2, 0.25) is 5.02 Å². The van der Waals surface area contributed by atoms with Gasteiger partial charge in [0.15, 0.2) is 0 Å². The highest BCUT2D eigenvalue weighted by molar-refractivity contribution is 6.33. The Morgan fingerprint density at radius 2 is 1.53 bits per heavy atom. The number of nitrogens with one attached hydrogen (secondary N) is 2. The molecular formula is C27H27ClN2O2. The van der Waals surface area contributed by atoms with Crippen LogP contribution in [0.15, 0.2) is 83.5 Å². The molecule has 0 spiro atoms. The van der Waals surface area contributed by atoms with Crippen molar-refractivity contribution in [1.82, 2.24) is 0 Å². The van der Waals surface area contributed by atoms with Crippen molar-refractivity contribution in [2.75, 3.05) is 17.7 Å². The van der Waals surface area contributed by atoms with E-state index in [1.54, 1.807) is 13.4 Å². The molecule has 5 heteroatoms. The molecule has 0 fully saturated rings. The van der Waals surface area contributed by atoms with Gasteiger partial charge in [0.1, 0.15) is 11.5 Å². The Labute approximate surface area is 194 Å². The highest BCUT2D eigenvalue weighted by atomic mass is 35.5. The van der Waals surface area contributed by atoms with E-state index in [2.05, 4.69) is 60.9 Å². The lowest BCUT2D eigenvalue weighted by atomic mass is 9.98. The zero-order valence-electron chi connectivity index (χ0n) is 18.5. The average Bonchev–Trinajstić information content (AvgIpc) is 3.32. The predicted octanol–water partition coefficient (Wildman–Crippen LogP) is 7.71. The molecule has 0 aliphatic heterocycles. The van der Waals surface area contributed by atoms with E-state index >= 15 is 0 Å². The summed E-state index contributed by atoms with van der Waals surface area (Å²) in [6.07, 6.45) is 1.68. The SMILES string of the molecule is COc1cc(-c2ccc(NC(C)C)cc2)c(Cl)cc1-c1ccc(NCc2ccco2)cc1. The largest absolute Gasteiger partial charge is 0.496 e. The van der Waals surface area contributed by atoms with Gasteiger partial charge in [-0.1, -0.05) is 35.9 Å². The molecule has 2 N–H and O–H groups in total. The molecule has 32 heavy (non-hydrogen) atoms. The van der Waals surface area contributed by atoms with Crippen LogP contribution in [0.5, 0.6) is 5.75 Å². The Kier molecular flexibility index (Phi) is 6.72. The summed E-state index contributed by atoms with van der Waals surface area (Å²) in [5.74, 6) is 1.68. The minimum absolute atomic E-state index is 0.385. The molecule has 0 radical (unpaired) electrons. The molecule has 4 nitrogen and oxygen atoms in total. The summed E-state index contributed by atoms with van der Waals surface area (Å²) in [6.45, 7) is 4.88. The molecule has 4 aromatic rings. The summed E-state index contributed by atoms with van der Waals surface area (Å²) < 4.78 is 11.1. The van der Waals surface area contributed by atoms with E-state index in [9.17, 15) is 0 Å². The van der Waals surface area contributed by atoms with Gasteiger partial charge in [0, 0.05) is 33.6 Å². The van der Waals surface area contributed by atoms with E-state index in [1.807, 2.05) is 36.4 Å². The van der Waals surface area contributed by atoms with E-state index in [0.29, 0.717) is 17.6 Å². The summed E-state index contributed by atoms with van der Waals surface area (Å²) in [7, 11) is 1.69. The van der Waals surface area contributed by atoms with Crippen LogP contribution in [-0.2, 0) is 6.54 Å². The molecule has 1 aromatic heterocycles. The minimum Gasteiger partial charge on any atom is -0.496 e. The maximum atomic E-state index is 6.71. The molecular weight excluding hydrogens is 420 g/mol. The molecule has 0 saturated heterocycles. The molecule has 3 aromatic carbocycles. The number of benzene rings is 3. The van der Waals surface area contributed by atoms with E-state index in [-0.39, 0.29) is 0 Å². The van der Waals surface area contributed by atoms with Crippen LogP contribution in [0, 0.1) is 0 Å². The Morgan fingerprint density at radius 1 is 0.875 bits per heavy atom. The van der Waals surface area contributed by atoms with Gasteiger partial charge in [0.2, 0.25) is 0 Å². The second kappa shape index (κ2) is 9.84. The number of halogens is 1. The molecule has 0 amide bonds. The third kappa shape index (κ3) is 5.09. The zero-order chi connectivity index (χ0) is 22.5. The first-order valence-electron chi connectivity index (χ1n) is 10.6. The summed E-state index contributed by atoms with van der Waals surface area (Å²) in [5, 5.41) is 7.45. The highest BCUT2D eigenvalue weighted by Crippen LogP contribution is 2.39. The van der Waals surface area contributed by atoms with Crippen molar-refractivity contribution in [3.05, 3.63) is 89.8 Å². The van der Waals surface area contributed by atoms with Gasteiger partial charge in [0.05, 0.1) is 19.9 Å². The molecule has 4 rings (SSSR count). The summed E-state index contributed by atoms with van der Waals surface area (Å²) >= 11 is 6.71. The fourth-order valence-corrected chi connectivity index (χ4v) is 3.89. The average molecular weight is 447 g/mol. The van der Waals surface area contributed by atoms with Crippen LogP contribution in [0.25, 0.3) is 22.3 Å². The van der Waals surface area contributed by atoms with Crippen molar-refractivity contribution in [2.24, 2.45) is 0 Å². The number of rotatable bonds is 8. The Balaban J connectivity index is 1.56. The van der Waals surface area contributed by atoms with Crippen molar-refractivity contribution >= 4 is 23.0 Å². The van der Waals surface area contributed by atoms with Crippen molar-refractivity contribution in [3.63, 3.8) is 0 Å². The van der Waals surface area contributed by atoms with E-state index in [1.165, 1.54) is 0 Å². The Hall–Kier alpha value is -3.37. The molecule has 164 valence electrons. The molecule has 0 atom stereocenters. The number of anilines is 2. The summed E-state index contributed by atoms with van der Waals surface area (Å²) in [5.41, 5.74) is 6.09. The molecule has 0 saturated carbocycles. The molecule has 1 heterocycles. The first kappa shape index (κ1) is 21.8. The first-order valence-corrected chi connectivity index (χ1v) is 11.0. The van der Waals surface area contributed by atoms with Crippen molar-refractivity contribution < 1.29 is 9.15 Å². The van der Waals surface area contributed by atoms with E-state index in [4.69, 9.17) is 20.8 Å². The van der Waals surface area contributed by atoms with Gasteiger partial charge in [-0.15, -0.1) is 0 Å². The van der Waals surface area contributed by atoms with Crippen molar-refractivity contribution in [3.8, 4) is 28.0 Å². The smallest absolute Gasteiger partial charge is 0.127 e. The van der Waals surface area contributed by atoms with Crippen LogP contribution in [0.4, 0.5) is 11.4 Å². The number of hydrogen-bond donors (Lipinski definition) is 2. The number of furan rings is 1. The lowest BCUT2D eigenvalue weighted by molar-refractivity contribution is 0.416. The van der Waals surface area contributed by atoms with Crippen LogP contribution in [-0.4, -0.2) is 13.2 Å². The second-order valence-electron chi connectivity index (χ2n) is 7.92. The summed E-state index contributed by atoms with van der Waals surface area (Å²) in [4.78, 5) is 0. The van der Waals surface area contributed by atoms with E-state index in [0.717, 1.165) is 45.1 Å². The van der Waals surface area contributed by atoms with E-state index < -0.39 is 0 Å². The van der Waals surface area contributed by atoms with Gasteiger partial charge in [-0.2, -0.15) is 0 Å². The van der Waals surface area contributed by atoms with Gasteiger partial charge < -0.3 is 19.8 Å². The number of methoxy groups -OCH3 is 1. The third-order valence-electron chi connectivity index (χ3n) is 5.18. The molecule has 0 aliphatic carbocycles. The maximum absolute atomic E-state index is 6.71.